The summed E-state index contributed by atoms with van der Waals surface area (Å²) in [5, 5.41) is 10.5. The molecule has 37 heavy (non-hydrogen) atoms. The third-order valence-electron chi connectivity index (χ3n) is 5.07. The fourth-order valence-electron chi connectivity index (χ4n) is 3.12. The summed E-state index contributed by atoms with van der Waals surface area (Å²) in [7, 11) is 0. The second kappa shape index (κ2) is 23.7. The van der Waals surface area contributed by atoms with Crippen molar-refractivity contribution in [3.8, 4) is 5.75 Å². The summed E-state index contributed by atoms with van der Waals surface area (Å²) < 4.78 is 55.0. The van der Waals surface area contributed by atoms with E-state index in [0.717, 1.165) is 0 Å². The Balaban J connectivity index is 1.62. The number of fused-ring (bicyclic) bond motifs is 2. The lowest BCUT2D eigenvalue weighted by Gasteiger charge is -2.11. The van der Waals surface area contributed by atoms with Gasteiger partial charge >= 0.3 is 0 Å². The van der Waals surface area contributed by atoms with E-state index in [4.69, 9.17) is 47.4 Å². The van der Waals surface area contributed by atoms with Crippen LogP contribution in [-0.4, -0.2) is 124 Å². The highest BCUT2D eigenvalue weighted by Gasteiger charge is 2.07. The van der Waals surface area contributed by atoms with Gasteiger partial charge in [-0.25, -0.2) is 0 Å². The molecule has 1 aliphatic heterocycles. The van der Waals surface area contributed by atoms with Crippen molar-refractivity contribution in [3.63, 3.8) is 0 Å². The Morgan fingerprint density at radius 3 is 0.811 bits per heavy atom. The van der Waals surface area contributed by atoms with Gasteiger partial charge in [-0.2, -0.15) is 0 Å². The lowest BCUT2D eigenvalue weighted by atomic mass is 10.1. The summed E-state index contributed by atoms with van der Waals surface area (Å²) in [4.78, 5) is 0. The minimum atomic E-state index is 0.190. The third kappa shape index (κ3) is 17.7. The van der Waals surface area contributed by atoms with Crippen LogP contribution in [0.2, 0.25) is 0 Å². The molecular weight excluding hydrogens is 488 g/mol. The number of hydrogen-bond acceptors (Lipinski definition) is 11. The first-order valence-corrected chi connectivity index (χ1v) is 12.9. The molecule has 0 atom stereocenters. The molecule has 0 fully saturated rings. The van der Waals surface area contributed by atoms with Crippen LogP contribution < -0.4 is 0 Å². The maximum atomic E-state index is 10.5. The average molecular weight is 533 g/mol. The van der Waals surface area contributed by atoms with E-state index in [2.05, 4.69) is 0 Å². The Morgan fingerprint density at radius 1 is 0.351 bits per heavy atom. The van der Waals surface area contributed by atoms with Crippen LogP contribution in [0.15, 0.2) is 18.2 Å². The Hall–Kier alpha value is -1.38. The zero-order chi connectivity index (χ0) is 26.1. The largest absolute Gasteiger partial charge is 0.507 e. The molecule has 0 unspecified atom stereocenters. The molecule has 0 radical (unpaired) electrons. The standard InChI is InChI=1S/C26H44O11/c27-26-24-2-1-3-25(26)23-37-21-19-35-17-15-33-13-11-31-9-7-29-5-4-28-6-8-30-10-12-32-14-16-34-18-20-36-22-24/h1-3,27H,4-23H2. The molecule has 1 N–H and O–H groups in total. The van der Waals surface area contributed by atoms with Gasteiger partial charge in [0.25, 0.3) is 0 Å². The van der Waals surface area contributed by atoms with E-state index in [0.29, 0.717) is 143 Å². The molecule has 1 aliphatic rings. The van der Waals surface area contributed by atoms with Crippen molar-refractivity contribution in [2.75, 3.05) is 119 Å². The monoisotopic (exact) mass is 532 g/mol. The van der Waals surface area contributed by atoms with Gasteiger partial charge in [0.1, 0.15) is 5.75 Å². The topological polar surface area (TPSA) is 113 Å². The van der Waals surface area contributed by atoms with E-state index < -0.39 is 0 Å². The van der Waals surface area contributed by atoms with E-state index in [9.17, 15) is 5.11 Å². The number of para-hydroxylation sites is 1. The smallest absolute Gasteiger partial charge is 0.126 e. The van der Waals surface area contributed by atoms with Crippen molar-refractivity contribution < 1.29 is 52.5 Å². The summed E-state index contributed by atoms with van der Waals surface area (Å²) in [6.45, 7) is 9.34. The van der Waals surface area contributed by atoms with Gasteiger partial charge in [0, 0.05) is 11.1 Å². The Bertz CT molecular complexity index is 597. The molecular formula is C26H44O11. The van der Waals surface area contributed by atoms with Gasteiger partial charge in [0.15, 0.2) is 0 Å². The minimum absolute atomic E-state index is 0.190. The van der Waals surface area contributed by atoms with Gasteiger partial charge < -0.3 is 52.5 Å². The van der Waals surface area contributed by atoms with Crippen molar-refractivity contribution in [3.05, 3.63) is 29.3 Å². The molecule has 1 aromatic rings. The van der Waals surface area contributed by atoms with E-state index in [1.165, 1.54) is 0 Å². The van der Waals surface area contributed by atoms with E-state index in [1.807, 2.05) is 18.2 Å². The maximum Gasteiger partial charge on any atom is 0.126 e. The van der Waals surface area contributed by atoms with Gasteiger partial charge in [0.2, 0.25) is 0 Å². The van der Waals surface area contributed by atoms with Crippen molar-refractivity contribution in [1.29, 1.82) is 0 Å². The minimum Gasteiger partial charge on any atom is -0.507 e. The number of benzene rings is 1. The van der Waals surface area contributed by atoms with Crippen molar-refractivity contribution in [1.82, 2.24) is 0 Å². The van der Waals surface area contributed by atoms with Crippen LogP contribution in [0.5, 0.6) is 5.75 Å². The lowest BCUT2D eigenvalue weighted by Crippen LogP contribution is -2.15. The van der Waals surface area contributed by atoms with Crippen LogP contribution in [0.25, 0.3) is 0 Å². The second-order valence-corrected chi connectivity index (χ2v) is 7.93. The summed E-state index contributed by atoms with van der Waals surface area (Å²) >= 11 is 0. The van der Waals surface area contributed by atoms with Crippen LogP contribution in [0.1, 0.15) is 11.1 Å². The molecule has 0 aromatic heterocycles. The first kappa shape index (κ1) is 31.8. The predicted octanol–water partition coefficient (Wildman–Crippen LogP) is 1.57. The van der Waals surface area contributed by atoms with Gasteiger partial charge in [-0.3, -0.25) is 0 Å². The Kier molecular flexibility index (Phi) is 20.4. The van der Waals surface area contributed by atoms with E-state index >= 15 is 0 Å². The molecule has 0 amide bonds. The Morgan fingerprint density at radius 2 is 0.568 bits per heavy atom. The van der Waals surface area contributed by atoms with Crippen LogP contribution >= 0.6 is 0 Å². The van der Waals surface area contributed by atoms with Crippen molar-refractivity contribution >= 4 is 0 Å². The Labute approximate surface area is 220 Å². The molecule has 1 heterocycles. The molecule has 0 saturated heterocycles. The molecule has 214 valence electrons. The van der Waals surface area contributed by atoms with Crippen molar-refractivity contribution in [2.45, 2.75) is 13.2 Å². The molecule has 2 bridgehead atoms. The number of phenols is 1. The highest BCUT2D eigenvalue weighted by Crippen LogP contribution is 2.23. The third-order valence-corrected chi connectivity index (χ3v) is 5.07. The highest BCUT2D eigenvalue weighted by atomic mass is 16.6. The number of hydrogen-bond donors (Lipinski definition) is 1. The van der Waals surface area contributed by atoms with Crippen LogP contribution in [0.3, 0.4) is 0 Å². The number of rotatable bonds is 0. The second-order valence-electron chi connectivity index (χ2n) is 7.93. The molecule has 0 aliphatic carbocycles. The molecule has 2 rings (SSSR count). The molecule has 11 nitrogen and oxygen atoms in total. The SMILES string of the molecule is Oc1c2cccc1COCCOCCOCCOCCOCCOCCOCCOCCOCCOC2. The normalized spacial score (nSPS) is 21.6. The zero-order valence-electron chi connectivity index (χ0n) is 21.9. The number of phenolic OH excluding ortho intramolecular Hbond substituents is 1. The highest BCUT2D eigenvalue weighted by molar-refractivity contribution is 5.39. The summed E-state index contributed by atoms with van der Waals surface area (Å²) in [6.07, 6.45) is 0. The van der Waals surface area contributed by atoms with Crippen LogP contribution in [0, 0.1) is 0 Å². The first-order valence-electron chi connectivity index (χ1n) is 12.9. The van der Waals surface area contributed by atoms with Gasteiger partial charge in [-0.05, 0) is 0 Å². The fraction of sp³-hybridized carbons (Fsp3) is 0.769. The van der Waals surface area contributed by atoms with Gasteiger partial charge in [-0.15, -0.1) is 0 Å². The van der Waals surface area contributed by atoms with Crippen LogP contribution in [-0.2, 0) is 60.6 Å². The first-order chi connectivity index (χ1) is 18.4. The fourth-order valence-corrected chi connectivity index (χ4v) is 3.12. The van der Waals surface area contributed by atoms with Gasteiger partial charge in [0.05, 0.1) is 132 Å². The molecule has 0 spiro atoms. The number of ether oxygens (including phenoxy) is 10. The molecule has 1 aromatic carbocycles. The summed E-state index contributed by atoms with van der Waals surface area (Å²) in [6, 6.07) is 5.54. The molecule has 11 heteroatoms. The zero-order valence-corrected chi connectivity index (χ0v) is 21.9. The predicted molar refractivity (Wildman–Crippen MR) is 134 cm³/mol. The van der Waals surface area contributed by atoms with E-state index in [1.54, 1.807) is 0 Å². The molecule has 0 saturated carbocycles. The number of aromatic hydroxyl groups is 1. The summed E-state index contributed by atoms with van der Waals surface area (Å²) in [5.41, 5.74) is 1.42. The maximum absolute atomic E-state index is 10.5. The van der Waals surface area contributed by atoms with Gasteiger partial charge in [-0.1, -0.05) is 18.2 Å². The van der Waals surface area contributed by atoms with Crippen molar-refractivity contribution in [2.24, 2.45) is 0 Å². The summed E-state index contributed by atoms with van der Waals surface area (Å²) in [5.74, 6) is 0.190. The van der Waals surface area contributed by atoms with Crippen LogP contribution in [0.4, 0.5) is 0 Å². The lowest BCUT2D eigenvalue weighted by molar-refractivity contribution is -0.0268. The quantitative estimate of drug-likeness (QED) is 0.525. The van der Waals surface area contributed by atoms with E-state index in [-0.39, 0.29) is 5.75 Å². The average Bonchev–Trinajstić information content (AvgIpc) is 2.91.